The van der Waals surface area contributed by atoms with Crippen LogP contribution in [0.2, 0.25) is 5.15 Å². The summed E-state index contributed by atoms with van der Waals surface area (Å²) in [6.45, 7) is 2.52. The quantitative estimate of drug-likeness (QED) is 0.697. The first-order valence-corrected chi connectivity index (χ1v) is 5.26. The van der Waals surface area contributed by atoms with Gasteiger partial charge in [0.1, 0.15) is 5.15 Å². The molecule has 0 saturated heterocycles. The number of hydrogen-bond donors (Lipinski definition) is 3. The fourth-order valence-electron chi connectivity index (χ4n) is 2.36. The monoisotopic (exact) mass is 214 g/mol. The molecule has 0 spiro atoms. The standard InChI is InChI=1S/C10H15ClN2O/c1-6-4-7-8(5-13-9(7)11)10(6,14)2-3-12/h5-6,13-14H,2-4,12H2,1H3. The maximum absolute atomic E-state index is 10.5. The molecule has 0 radical (unpaired) electrons. The summed E-state index contributed by atoms with van der Waals surface area (Å²) in [5, 5.41) is 11.1. The van der Waals surface area contributed by atoms with E-state index in [2.05, 4.69) is 4.98 Å². The second kappa shape index (κ2) is 3.26. The van der Waals surface area contributed by atoms with Gasteiger partial charge >= 0.3 is 0 Å². The summed E-state index contributed by atoms with van der Waals surface area (Å²) >= 11 is 5.98. The van der Waals surface area contributed by atoms with E-state index in [9.17, 15) is 5.11 Å². The molecule has 1 heterocycles. The summed E-state index contributed by atoms with van der Waals surface area (Å²) in [5.41, 5.74) is 6.71. The predicted octanol–water partition coefficient (Wildman–Crippen LogP) is 1.40. The Morgan fingerprint density at radius 3 is 3.14 bits per heavy atom. The van der Waals surface area contributed by atoms with Crippen LogP contribution in [0.4, 0.5) is 0 Å². The maximum atomic E-state index is 10.5. The fourth-order valence-corrected chi connectivity index (χ4v) is 2.59. The average Bonchev–Trinajstić information content (AvgIpc) is 2.58. The first-order valence-electron chi connectivity index (χ1n) is 4.88. The van der Waals surface area contributed by atoms with Crippen molar-refractivity contribution in [2.75, 3.05) is 6.54 Å². The molecule has 1 aliphatic carbocycles. The van der Waals surface area contributed by atoms with Gasteiger partial charge in [0.15, 0.2) is 0 Å². The minimum atomic E-state index is -0.784. The molecule has 2 atom stereocenters. The van der Waals surface area contributed by atoms with E-state index in [-0.39, 0.29) is 5.92 Å². The Balaban J connectivity index is 2.43. The molecule has 0 aromatic carbocycles. The van der Waals surface area contributed by atoms with Gasteiger partial charge in [-0.15, -0.1) is 0 Å². The van der Waals surface area contributed by atoms with E-state index in [0.29, 0.717) is 18.1 Å². The van der Waals surface area contributed by atoms with Crippen LogP contribution >= 0.6 is 11.6 Å². The highest BCUT2D eigenvalue weighted by Gasteiger charge is 2.43. The van der Waals surface area contributed by atoms with Crippen molar-refractivity contribution < 1.29 is 5.11 Å². The Hall–Kier alpha value is -0.510. The average molecular weight is 215 g/mol. The zero-order chi connectivity index (χ0) is 10.3. The molecule has 4 N–H and O–H groups in total. The highest BCUT2D eigenvalue weighted by Crippen LogP contribution is 2.45. The molecule has 1 aromatic rings. The smallest absolute Gasteiger partial charge is 0.109 e. The summed E-state index contributed by atoms with van der Waals surface area (Å²) in [4.78, 5) is 2.94. The zero-order valence-electron chi connectivity index (χ0n) is 8.18. The third-order valence-corrected chi connectivity index (χ3v) is 3.59. The Kier molecular flexibility index (Phi) is 2.33. The summed E-state index contributed by atoms with van der Waals surface area (Å²) in [7, 11) is 0. The van der Waals surface area contributed by atoms with Gasteiger partial charge in [-0.3, -0.25) is 0 Å². The Bertz CT molecular complexity index is 350. The van der Waals surface area contributed by atoms with E-state index in [0.717, 1.165) is 17.5 Å². The molecule has 0 bridgehead atoms. The van der Waals surface area contributed by atoms with E-state index in [1.807, 2.05) is 6.92 Å². The van der Waals surface area contributed by atoms with Gasteiger partial charge in [-0.05, 0) is 30.9 Å². The van der Waals surface area contributed by atoms with Crippen molar-refractivity contribution in [2.24, 2.45) is 11.7 Å². The summed E-state index contributed by atoms with van der Waals surface area (Å²) in [6.07, 6.45) is 3.22. The van der Waals surface area contributed by atoms with Crippen molar-refractivity contribution in [3.8, 4) is 0 Å². The second-order valence-corrected chi connectivity index (χ2v) is 4.44. The van der Waals surface area contributed by atoms with Gasteiger partial charge in [-0.1, -0.05) is 18.5 Å². The highest BCUT2D eigenvalue weighted by molar-refractivity contribution is 6.30. The van der Waals surface area contributed by atoms with E-state index in [4.69, 9.17) is 17.3 Å². The van der Waals surface area contributed by atoms with E-state index in [1.54, 1.807) is 6.20 Å². The van der Waals surface area contributed by atoms with Gasteiger partial charge in [-0.2, -0.15) is 0 Å². The van der Waals surface area contributed by atoms with Crippen molar-refractivity contribution in [1.82, 2.24) is 4.98 Å². The minimum Gasteiger partial charge on any atom is -0.385 e. The van der Waals surface area contributed by atoms with Gasteiger partial charge in [0.2, 0.25) is 0 Å². The molecule has 3 nitrogen and oxygen atoms in total. The van der Waals surface area contributed by atoms with Gasteiger partial charge in [0.05, 0.1) is 5.60 Å². The number of rotatable bonds is 2. The van der Waals surface area contributed by atoms with Crippen molar-refractivity contribution in [2.45, 2.75) is 25.4 Å². The third kappa shape index (κ3) is 1.20. The van der Waals surface area contributed by atoms with Gasteiger partial charge < -0.3 is 15.8 Å². The van der Waals surface area contributed by atoms with Gasteiger partial charge in [0, 0.05) is 11.8 Å². The molecule has 4 heteroatoms. The molecule has 0 saturated carbocycles. The molecule has 0 fully saturated rings. The maximum Gasteiger partial charge on any atom is 0.109 e. The van der Waals surface area contributed by atoms with Crippen molar-refractivity contribution in [1.29, 1.82) is 0 Å². The summed E-state index contributed by atoms with van der Waals surface area (Å²) in [6, 6.07) is 0. The number of aromatic nitrogens is 1. The fraction of sp³-hybridized carbons (Fsp3) is 0.600. The normalized spacial score (nSPS) is 30.7. The van der Waals surface area contributed by atoms with Crippen LogP contribution in [0.25, 0.3) is 0 Å². The molecule has 1 aromatic heterocycles. The van der Waals surface area contributed by atoms with Crippen molar-refractivity contribution >= 4 is 11.6 Å². The Morgan fingerprint density at radius 2 is 2.50 bits per heavy atom. The highest BCUT2D eigenvalue weighted by atomic mass is 35.5. The molecule has 1 aliphatic rings. The number of halogens is 1. The van der Waals surface area contributed by atoms with Crippen LogP contribution < -0.4 is 5.73 Å². The number of nitrogens with one attached hydrogen (secondary N) is 1. The first kappa shape index (κ1) is 10.0. The molecule has 0 aliphatic heterocycles. The van der Waals surface area contributed by atoms with Crippen LogP contribution in [0.1, 0.15) is 24.5 Å². The number of fused-ring (bicyclic) bond motifs is 1. The molecule has 0 amide bonds. The van der Waals surface area contributed by atoms with Crippen LogP contribution in [0, 0.1) is 5.92 Å². The van der Waals surface area contributed by atoms with E-state index < -0.39 is 5.60 Å². The molecule has 2 unspecified atom stereocenters. The van der Waals surface area contributed by atoms with Crippen molar-refractivity contribution in [3.05, 3.63) is 22.5 Å². The summed E-state index contributed by atoms with van der Waals surface area (Å²) < 4.78 is 0. The predicted molar refractivity (Wildman–Crippen MR) is 56.2 cm³/mol. The second-order valence-electron chi connectivity index (χ2n) is 4.06. The number of nitrogens with two attached hydrogens (primary N) is 1. The zero-order valence-corrected chi connectivity index (χ0v) is 8.93. The van der Waals surface area contributed by atoms with Gasteiger partial charge in [0.25, 0.3) is 0 Å². The minimum absolute atomic E-state index is 0.197. The Morgan fingerprint density at radius 1 is 1.79 bits per heavy atom. The number of aliphatic hydroxyl groups is 1. The van der Waals surface area contributed by atoms with Crippen LogP contribution in [0.3, 0.4) is 0 Å². The van der Waals surface area contributed by atoms with Crippen molar-refractivity contribution in [3.63, 3.8) is 0 Å². The molecule has 2 rings (SSSR count). The van der Waals surface area contributed by atoms with Gasteiger partial charge in [-0.25, -0.2) is 0 Å². The number of hydrogen-bond acceptors (Lipinski definition) is 2. The number of H-pyrrole nitrogens is 1. The lowest BCUT2D eigenvalue weighted by Crippen LogP contribution is -2.32. The van der Waals surface area contributed by atoms with Crippen LogP contribution in [0.5, 0.6) is 0 Å². The first-order chi connectivity index (χ1) is 6.59. The lowest BCUT2D eigenvalue weighted by atomic mass is 9.86. The van der Waals surface area contributed by atoms with E-state index in [1.165, 1.54) is 0 Å². The molecule has 14 heavy (non-hydrogen) atoms. The van der Waals surface area contributed by atoms with Crippen LogP contribution in [-0.4, -0.2) is 16.6 Å². The lowest BCUT2D eigenvalue weighted by Gasteiger charge is -2.27. The molecular weight excluding hydrogens is 200 g/mol. The Labute approximate surface area is 88.3 Å². The number of aromatic amines is 1. The third-order valence-electron chi connectivity index (χ3n) is 3.25. The van der Waals surface area contributed by atoms with Crippen LogP contribution in [0.15, 0.2) is 6.20 Å². The SMILES string of the molecule is CC1Cc2c(c[nH]c2Cl)C1(O)CCN. The summed E-state index contributed by atoms with van der Waals surface area (Å²) in [5.74, 6) is 0.197. The molecular formula is C10H15ClN2O. The largest absolute Gasteiger partial charge is 0.385 e. The van der Waals surface area contributed by atoms with E-state index >= 15 is 0 Å². The lowest BCUT2D eigenvalue weighted by molar-refractivity contribution is -0.0103. The topological polar surface area (TPSA) is 62.0 Å². The van der Waals surface area contributed by atoms with Crippen LogP contribution in [-0.2, 0) is 12.0 Å². The molecule has 78 valence electrons.